The van der Waals surface area contributed by atoms with E-state index in [2.05, 4.69) is 19.2 Å². The van der Waals surface area contributed by atoms with Crippen molar-refractivity contribution in [2.75, 3.05) is 19.6 Å². The molecule has 164 valence electrons. The van der Waals surface area contributed by atoms with Crippen LogP contribution in [0.4, 0.5) is 0 Å². The van der Waals surface area contributed by atoms with Crippen LogP contribution in [0.15, 0.2) is 30.3 Å². The number of hydrogen-bond donors (Lipinski definition) is 1. The summed E-state index contributed by atoms with van der Waals surface area (Å²) >= 11 is 0. The van der Waals surface area contributed by atoms with E-state index in [1.165, 1.54) is 0 Å². The van der Waals surface area contributed by atoms with E-state index in [0.717, 1.165) is 31.2 Å². The normalized spacial score (nSPS) is 21.2. The zero-order chi connectivity index (χ0) is 21.7. The van der Waals surface area contributed by atoms with Crippen LogP contribution in [0.25, 0.3) is 0 Å². The van der Waals surface area contributed by atoms with Crippen LogP contribution < -0.4 is 5.32 Å². The molecule has 1 aromatic rings. The fraction of sp³-hybridized carbons (Fsp3) is 0.625. The fourth-order valence-corrected chi connectivity index (χ4v) is 4.65. The zero-order valence-corrected chi connectivity index (χ0v) is 18.5. The van der Waals surface area contributed by atoms with Crippen LogP contribution in [0.5, 0.6) is 0 Å². The van der Waals surface area contributed by atoms with Gasteiger partial charge in [0.15, 0.2) is 0 Å². The minimum absolute atomic E-state index is 0.0316. The smallest absolute Gasteiger partial charge is 0.225 e. The highest BCUT2D eigenvalue weighted by atomic mass is 16.2. The topological polar surface area (TPSA) is 69.7 Å². The number of nitrogens with zero attached hydrogens (tertiary/aromatic N) is 2. The molecule has 2 aliphatic rings. The number of amides is 3. The van der Waals surface area contributed by atoms with Crippen molar-refractivity contribution in [1.82, 2.24) is 15.1 Å². The summed E-state index contributed by atoms with van der Waals surface area (Å²) in [5.74, 6) is 0.0656. The van der Waals surface area contributed by atoms with E-state index in [9.17, 15) is 14.4 Å². The van der Waals surface area contributed by atoms with Crippen molar-refractivity contribution in [2.24, 2.45) is 11.8 Å². The van der Waals surface area contributed by atoms with Crippen LogP contribution in [0.1, 0.15) is 64.5 Å². The Bertz CT molecular complexity index is 739. The van der Waals surface area contributed by atoms with Crippen molar-refractivity contribution in [3.8, 4) is 0 Å². The Hall–Kier alpha value is -2.37. The Morgan fingerprint density at radius 3 is 2.33 bits per heavy atom. The van der Waals surface area contributed by atoms with E-state index in [1.807, 2.05) is 47.1 Å². The molecule has 6 heteroatoms. The predicted octanol–water partition coefficient (Wildman–Crippen LogP) is 3.14. The predicted molar refractivity (Wildman–Crippen MR) is 116 cm³/mol. The monoisotopic (exact) mass is 413 g/mol. The molecule has 2 aliphatic heterocycles. The molecule has 3 rings (SSSR count). The molecule has 0 aromatic heterocycles. The first kappa shape index (κ1) is 22.3. The van der Waals surface area contributed by atoms with Crippen LogP contribution >= 0.6 is 0 Å². The number of carbonyl (C=O) groups excluding carboxylic acids is 3. The molecule has 0 spiro atoms. The zero-order valence-electron chi connectivity index (χ0n) is 18.5. The Morgan fingerprint density at radius 1 is 1.10 bits per heavy atom. The van der Waals surface area contributed by atoms with Gasteiger partial charge in [-0.3, -0.25) is 14.4 Å². The third-order valence-electron chi connectivity index (χ3n) is 6.77. The Balaban J connectivity index is 1.49. The lowest BCUT2D eigenvalue weighted by atomic mass is 9.98. The number of carbonyl (C=O) groups is 3. The highest BCUT2D eigenvalue weighted by Crippen LogP contribution is 2.29. The van der Waals surface area contributed by atoms with E-state index in [4.69, 9.17) is 0 Å². The van der Waals surface area contributed by atoms with Gasteiger partial charge >= 0.3 is 0 Å². The summed E-state index contributed by atoms with van der Waals surface area (Å²) in [6.07, 6.45) is 3.58. The first-order valence-corrected chi connectivity index (χ1v) is 11.4. The van der Waals surface area contributed by atoms with Gasteiger partial charge in [-0.2, -0.15) is 0 Å². The number of nitrogens with one attached hydrogen (secondary N) is 1. The first-order chi connectivity index (χ1) is 14.4. The summed E-state index contributed by atoms with van der Waals surface area (Å²) < 4.78 is 0. The average molecular weight is 414 g/mol. The van der Waals surface area contributed by atoms with Gasteiger partial charge < -0.3 is 15.1 Å². The van der Waals surface area contributed by atoms with E-state index < -0.39 is 0 Å². The van der Waals surface area contributed by atoms with E-state index >= 15 is 0 Å². The van der Waals surface area contributed by atoms with E-state index in [1.54, 1.807) is 0 Å². The first-order valence-electron chi connectivity index (χ1n) is 11.4. The molecule has 0 aliphatic carbocycles. The molecule has 2 heterocycles. The van der Waals surface area contributed by atoms with Gasteiger partial charge in [0.25, 0.3) is 0 Å². The number of piperidine rings is 1. The van der Waals surface area contributed by atoms with Gasteiger partial charge in [-0.1, -0.05) is 44.2 Å². The second-order valence-electron chi connectivity index (χ2n) is 8.66. The quantitative estimate of drug-likeness (QED) is 0.747. The van der Waals surface area contributed by atoms with Gasteiger partial charge in [0.1, 0.15) is 0 Å². The molecule has 1 aromatic carbocycles. The minimum atomic E-state index is -0.298. The van der Waals surface area contributed by atoms with Crippen LogP contribution in [0.2, 0.25) is 0 Å². The van der Waals surface area contributed by atoms with Crippen molar-refractivity contribution < 1.29 is 14.4 Å². The number of likely N-dealkylation sites (tertiary alicyclic amines) is 2. The molecule has 2 unspecified atom stereocenters. The van der Waals surface area contributed by atoms with Crippen molar-refractivity contribution in [3.05, 3.63) is 35.9 Å². The minimum Gasteiger partial charge on any atom is -0.353 e. The van der Waals surface area contributed by atoms with Gasteiger partial charge in [-0.05, 0) is 38.2 Å². The highest BCUT2D eigenvalue weighted by Gasteiger charge is 2.38. The standard InChI is InChI=1S/C24H35N3O3/c1-4-18(5-2)24(30)26-13-11-21(12-14-26)25-23(29)20-15-22(28)27(16-20)17(3)19-9-7-6-8-10-19/h6-10,17-18,20-21H,4-5,11-16H2,1-3H3,(H,25,29). The largest absolute Gasteiger partial charge is 0.353 e. The second-order valence-corrected chi connectivity index (χ2v) is 8.66. The summed E-state index contributed by atoms with van der Waals surface area (Å²) in [7, 11) is 0. The molecular weight excluding hydrogens is 378 g/mol. The van der Waals surface area contributed by atoms with Gasteiger partial charge in [0, 0.05) is 38.0 Å². The molecule has 2 atom stereocenters. The summed E-state index contributed by atoms with van der Waals surface area (Å²) in [5.41, 5.74) is 1.08. The van der Waals surface area contributed by atoms with E-state index in [-0.39, 0.29) is 48.1 Å². The van der Waals surface area contributed by atoms with Crippen molar-refractivity contribution >= 4 is 17.7 Å². The lowest BCUT2D eigenvalue weighted by Gasteiger charge is -2.34. The van der Waals surface area contributed by atoms with Crippen LogP contribution in [0.3, 0.4) is 0 Å². The maximum absolute atomic E-state index is 12.8. The molecular formula is C24H35N3O3. The average Bonchev–Trinajstić information content (AvgIpc) is 3.17. The third kappa shape index (κ3) is 5.02. The van der Waals surface area contributed by atoms with Crippen molar-refractivity contribution in [1.29, 1.82) is 0 Å². The lowest BCUT2D eigenvalue weighted by Crippen LogP contribution is -2.49. The van der Waals surface area contributed by atoms with Gasteiger partial charge in [-0.25, -0.2) is 0 Å². The third-order valence-corrected chi connectivity index (χ3v) is 6.77. The molecule has 1 N–H and O–H groups in total. The molecule has 0 bridgehead atoms. The Kier molecular flexibility index (Phi) is 7.51. The molecule has 0 radical (unpaired) electrons. The van der Waals surface area contributed by atoms with E-state index in [0.29, 0.717) is 19.6 Å². The van der Waals surface area contributed by atoms with Crippen LogP contribution in [0, 0.1) is 11.8 Å². The number of rotatable bonds is 7. The summed E-state index contributed by atoms with van der Waals surface area (Å²) in [6.45, 7) is 7.99. The highest BCUT2D eigenvalue weighted by molar-refractivity contribution is 5.89. The van der Waals surface area contributed by atoms with Crippen molar-refractivity contribution in [3.63, 3.8) is 0 Å². The van der Waals surface area contributed by atoms with Gasteiger partial charge in [-0.15, -0.1) is 0 Å². The Labute approximate surface area is 180 Å². The summed E-state index contributed by atoms with van der Waals surface area (Å²) in [5, 5.41) is 3.14. The summed E-state index contributed by atoms with van der Waals surface area (Å²) in [4.78, 5) is 41.7. The second kappa shape index (κ2) is 10.1. The number of hydrogen-bond acceptors (Lipinski definition) is 3. The molecule has 0 saturated carbocycles. The van der Waals surface area contributed by atoms with Crippen LogP contribution in [-0.4, -0.2) is 53.2 Å². The lowest BCUT2D eigenvalue weighted by molar-refractivity contribution is -0.137. The molecule has 2 fully saturated rings. The molecule has 3 amide bonds. The Morgan fingerprint density at radius 2 is 1.73 bits per heavy atom. The van der Waals surface area contributed by atoms with Gasteiger partial charge in [0.2, 0.25) is 17.7 Å². The molecule has 6 nitrogen and oxygen atoms in total. The van der Waals surface area contributed by atoms with Gasteiger partial charge in [0.05, 0.1) is 12.0 Å². The molecule has 30 heavy (non-hydrogen) atoms. The van der Waals surface area contributed by atoms with Crippen LogP contribution in [-0.2, 0) is 14.4 Å². The SMILES string of the molecule is CCC(CC)C(=O)N1CCC(NC(=O)C2CC(=O)N(C(C)c3ccccc3)C2)CC1. The summed E-state index contributed by atoms with van der Waals surface area (Å²) in [6, 6.07) is 9.98. The maximum Gasteiger partial charge on any atom is 0.225 e. The fourth-order valence-electron chi connectivity index (χ4n) is 4.65. The number of benzene rings is 1. The molecule has 2 saturated heterocycles. The van der Waals surface area contributed by atoms with Crippen molar-refractivity contribution in [2.45, 2.75) is 65.0 Å². The maximum atomic E-state index is 12.8.